The highest BCUT2D eigenvalue weighted by molar-refractivity contribution is 5.29. The topological polar surface area (TPSA) is 26.0 Å². The van der Waals surface area contributed by atoms with Crippen molar-refractivity contribution in [3.05, 3.63) is 23.3 Å². The van der Waals surface area contributed by atoms with Crippen LogP contribution in [0.3, 0.4) is 0 Å². The predicted octanol–water partition coefficient (Wildman–Crippen LogP) is 4.83. The zero-order chi connectivity index (χ0) is 14.8. The quantitative estimate of drug-likeness (QED) is 0.634. The summed E-state index contributed by atoms with van der Waals surface area (Å²) in [7, 11) is 0. The number of nitrogens with two attached hydrogens (primary N) is 1. The molecule has 116 valence electrons. The molecule has 5 unspecified atom stereocenters. The maximum atomic E-state index is 6.24. The standard InChI is InChI=1S/C20H31N/c1-13-4-7-17-16-6-5-14-12-15(21)8-10-20(14,3)18(16)9-11-19(13,17)2/h4-5,15-18H,6-12,21H2,1-3H3/t15-,16?,17?,18?,19?,20?/m1/s1. The van der Waals surface area contributed by atoms with Gasteiger partial charge in [-0.25, -0.2) is 0 Å². The Labute approximate surface area is 130 Å². The van der Waals surface area contributed by atoms with E-state index in [1.165, 1.54) is 44.9 Å². The smallest absolute Gasteiger partial charge is 0.00766 e. The third-order valence-electron chi connectivity index (χ3n) is 8.11. The van der Waals surface area contributed by atoms with Crippen LogP contribution in [-0.2, 0) is 0 Å². The lowest BCUT2D eigenvalue weighted by Crippen LogP contribution is -2.50. The zero-order valence-electron chi connectivity index (χ0n) is 14.0. The first-order valence-corrected chi connectivity index (χ1v) is 9.07. The Kier molecular flexibility index (Phi) is 2.99. The van der Waals surface area contributed by atoms with Crippen LogP contribution < -0.4 is 5.73 Å². The average molecular weight is 285 g/mol. The fourth-order valence-electron chi connectivity index (χ4n) is 6.47. The Bertz CT molecular complexity index is 516. The van der Waals surface area contributed by atoms with Gasteiger partial charge in [0.05, 0.1) is 0 Å². The lowest BCUT2D eigenvalue weighted by Gasteiger charge is -2.57. The van der Waals surface area contributed by atoms with E-state index in [1.807, 2.05) is 0 Å². The number of fused-ring (bicyclic) bond motifs is 5. The van der Waals surface area contributed by atoms with Crippen molar-refractivity contribution >= 4 is 0 Å². The van der Waals surface area contributed by atoms with E-state index in [4.69, 9.17) is 5.73 Å². The van der Waals surface area contributed by atoms with E-state index in [2.05, 4.69) is 32.9 Å². The molecule has 4 aliphatic rings. The second-order valence-corrected chi connectivity index (χ2v) is 8.84. The summed E-state index contributed by atoms with van der Waals surface area (Å²) in [6.07, 6.45) is 14.4. The number of hydrogen-bond donors (Lipinski definition) is 1. The van der Waals surface area contributed by atoms with Crippen LogP contribution >= 0.6 is 0 Å². The lowest BCUT2D eigenvalue weighted by molar-refractivity contribution is -0.0180. The second-order valence-electron chi connectivity index (χ2n) is 8.84. The molecule has 2 saturated carbocycles. The maximum absolute atomic E-state index is 6.24. The highest BCUT2D eigenvalue weighted by Gasteiger charge is 2.55. The van der Waals surface area contributed by atoms with Gasteiger partial charge in [-0.2, -0.15) is 0 Å². The van der Waals surface area contributed by atoms with Crippen molar-refractivity contribution in [2.45, 2.75) is 71.8 Å². The summed E-state index contributed by atoms with van der Waals surface area (Å²) in [5.41, 5.74) is 10.6. The van der Waals surface area contributed by atoms with Crippen molar-refractivity contribution in [3.8, 4) is 0 Å². The molecule has 0 saturated heterocycles. The minimum Gasteiger partial charge on any atom is -0.327 e. The molecule has 0 heterocycles. The van der Waals surface area contributed by atoms with Gasteiger partial charge in [0.1, 0.15) is 0 Å². The van der Waals surface area contributed by atoms with E-state index in [0.29, 0.717) is 16.9 Å². The van der Waals surface area contributed by atoms with Crippen molar-refractivity contribution < 1.29 is 0 Å². The van der Waals surface area contributed by atoms with Crippen molar-refractivity contribution in [2.24, 2.45) is 34.3 Å². The Hall–Kier alpha value is -0.560. The minimum absolute atomic E-state index is 0.421. The van der Waals surface area contributed by atoms with Crippen molar-refractivity contribution in [2.75, 3.05) is 0 Å². The highest BCUT2D eigenvalue weighted by Crippen LogP contribution is 2.64. The van der Waals surface area contributed by atoms with Gasteiger partial charge in [-0.1, -0.05) is 37.1 Å². The third-order valence-corrected chi connectivity index (χ3v) is 8.11. The molecular formula is C20H31N. The van der Waals surface area contributed by atoms with Crippen LogP contribution in [0.2, 0.25) is 0 Å². The summed E-state index contributed by atoms with van der Waals surface area (Å²) in [5.74, 6) is 2.74. The van der Waals surface area contributed by atoms with Crippen molar-refractivity contribution in [1.29, 1.82) is 0 Å². The molecule has 1 nitrogen and oxygen atoms in total. The van der Waals surface area contributed by atoms with Gasteiger partial charge in [-0.15, -0.1) is 0 Å². The molecule has 0 amide bonds. The molecular weight excluding hydrogens is 254 g/mol. The predicted molar refractivity (Wildman–Crippen MR) is 88.8 cm³/mol. The Balaban J connectivity index is 1.68. The van der Waals surface area contributed by atoms with E-state index in [9.17, 15) is 0 Å². The van der Waals surface area contributed by atoms with Gasteiger partial charge in [-0.3, -0.25) is 0 Å². The summed E-state index contributed by atoms with van der Waals surface area (Å²) < 4.78 is 0. The fourth-order valence-corrected chi connectivity index (χ4v) is 6.47. The molecule has 0 aromatic rings. The summed E-state index contributed by atoms with van der Waals surface area (Å²) in [6, 6.07) is 0.421. The van der Waals surface area contributed by atoms with E-state index in [-0.39, 0.29) is 0 Å². The highest BCUT2D eigenvalue weighted by atomic mass is 14.7. The zero-order valence-corrected chi connectivity index (χ0v) is 14.0. The first-order chi connectivity index (χ1) is 9.95. The van der Waals surface area contributed by atoms with Crippen LogP contribution in [0.15, 0.2) is 23.3 Å². The van der Waals surface area contributed by atoms with Crippen LogP contribution in [0, 0.1) is 28.6 Å². The molecule has 0 aromatic carbocycles. The number of allylic oxidation sites excluding steroid dienone is 3. The van der Waals surface area contributed by atoms with Gasteiger partial charge >= 0.3 is 0 Å². The average Bonchev–Trinajstić information content (AvgIpc) is 2.76. The van der Waals surface area contributed by atoms with Gasteiger partial charge < -0.3 is 5.73 Å². The molecule has 0 bridgehead atoms. The molecule has 0 aromatic heterocycles. The van der Waals surface area contributed by atoms with Gasteiger partial charge in [-0.05, 0) is 80.5 Å². The second kappa shape index (κ2) is 4.47. The van der Waals surface area contributed by atoms with Gasteiger partial charge in [0, 0.05) is 6.04 Å². The summed E-state index contributed by atoms with van der Waals surface area (Å²) in [6.45, 7) is 7.50. The molecule has 0 spiro atoms. The molecule has 0 radical (unpaired) electrons. The summed E-state index contributed by atoms with van der Waals surface area (Å²) in [5, 5.41) is 0. The fraction of sp³-hybridized carbons (Fsp3) is 0.800. The molecule has 0 aliphatic heterocycles. The van der Waals surface area contributed by atoms with Gasteiger partial charge in [0.15, 0.2) is 0 Å². The molecule has 4 aliphatic carbocycles. The molecule has 1 heteroatoms. The molecule has 4 rings (SSSR count). The van der Waals surface area contributed by atoms with Crippen molar-refractivity contribution in [1.82, 2.24) is 0 Å². The van der Waals surface area contributed by atoms with Crippen LogP contribution in [0.25, 0.3) is 0 Å². The normalized spacial score (nSPS) is 52.4. The SMILES string of the molecule is CC1=CCC2C3CC=C4C[C@H](N)CCC4(C)C3CCC12C. The first-order valence-electron chi connectivity index (χ1n) is 9.07. The maximum Gasteiger partial charge on any atom is 0.00766 e. The molecule has 6 atom stereocenters. The third kappa shape index (κ3) is 1.79. The Morgan fingerprint density at radius 2 is 1.76 bits per heavy atom. The van der Waals surface area contributed by atoms with E-state index in [0.717, 1.165) is 17.8 Å². The summed E-state index contributed by atoms with van der Waals surface area (Å²) in [4.78, 5) is 0. The van der Waals surface area contributed by atoms with Crippen LogP contribution in [-0.4, -0.2) is 6.04 Å². The Morgan fingerprint density at radius 1 is 1.00 bits per heavy atom. The molecule has 21 heavy (non-hydrogen) atoms. The van der Waals surface area contributed by atoms with Crippen LogP contribution in [0.5, 0.6) is 0 Å². The lowest BCUT2D eigenvalue weighted by atomic mass is 9.47. The molecule has 2 N–H and O–H groups in total. The Morgan fingerprint density at radius 3 is 2.57 bits per heavy atom. The monoisotopic (exact) mass is 285 g/mol. The van der Waals surface area contributed by atoms with Gasteiger partial charge in [0.2, 0.25) is 0 Å². The number of hydrogen-bond acceptors (Lipinski definition) is 1. The van der Waals surface area contributed by atoms with E-state index in [1.54, 1.807) is 11.1 Å². The van der Waals surface area contributed by atoms with Crippen LogP contribution in [0.4, 0.5) is 0 Å². The van der Waals surface area contributed by atoms with Crippen molar-refractivity contribution in [3.63, 3.8) is 0 Å². The molecule has 2 fully saturated rings. The largest absolute Gasteiger partial charge is 0.327 e. The van der Waals surface area contributed by atoms with E-state index >= 15 is 0 Å². The number of rotatable bonds is 0. The van der Waals surface area contributed by atoms with Gasteiger partial charge in [0.25, 0.3) is 0 Å². The summed E-state index contributed by atoms with van der Waals surface area (Å²) >= 11 is 0. The minimum atomic E-state index is 0.421. The van der Waals surface area contributed by atoms with Crippen LogP contribution in [0.1, 0.15) is 65.7 Å². The first kappa shape index (κ1) is 14.1. The van der Waals surface area contributed by atoms with E-state index < -0.39 is 0 Å².